The number of carbonyl (C=O) groups is 1. The maximum atomic E-state index is 12.7. The van der Waals surface area contributed by atoms with Crippen LogP contribution in [0.3, 0.4) is 0 Å². The third-order valence-electron chi connectivity index (χ3n) is 3.53. The summed E-state index contributed by atoms with van der Waals surface area (Å²) in [5, 5.41) is 0.146. The van der Waals surface area contributed by atoms with Crippen LogP contribution in [0.4, 0.5) is 13.2 Å². The summed E-state index contributed by atoms with van der Waals surface area (Å²) in [6.07, 6.45) is 0.293. The number of carbonyl (C=O) groups excluding carboxylic acids is 1. The van der Waals surface area contributed by atoms with Crippen molar-refractivity contribution in [1.82, 2.24) is 9.88 Å². The summed E-state index contributed by atoms with van der Waals surface area (Å²) in [7, 11) is 1.61. The van der Waals surface area contributed by atoms with E-state index in [-0.39, 0.29) is 16.5 Å². The van der Waals surface area contributed by atoms with E-state index in [0.29, 0.717) is 13.0 Å². The van der Waals surface area contributed by atoms with Crippen LogP contribution >= 0.6 is 11.6 Å². The first kappa shape index (κ1) is 19.0. The average molecular weight is 369 g/mol. The first-order valence-corrected chi connectivity index (χ1v) is 7.85. The highest BCUT2D eigenvalue weighted by molar-refractivity contribution is 6.32. The third-order valence-corrected chi connectivity index (χ3v) is 3.88. The zero-order valence-corrected chi connectivity index (χ0v) is 14.2. The van der Waals surface area contributed by atoms with E-state index in [1.165, 1.54) is 23.1 Å². The van der Waals surface area contributed by atoms with Gasteiger partial charge in [-0.1, -0.05) is 17.7 Å². The van der Waals surface area contributed by atoms with Crippen LogP contribution in [0, 0.1) is 0 Å². The Hall–Kier alpha value is -2.34. The van der Waals surface area contributed by atoms with Gasteiger partial charge in [0.05, 0.1) is 5.56 Å². The summed E-state index contributed by atoms with van der Waals surface area (Å²) >= 11 is 5.90. The molecule has 0 aliphatic heterocycles. The quantitative estimate of drug-likeness (QED) is 0.730. The molecule has 0 atom stereocenters. The molecule has 0 radical (unpaired) electrons. The molecule has 0 bridgehead atoms. The van der Waals surface area contributed by atoms with Crippen LogP contribution in [-0.4, -0.2) is 29.4 Å². The van der Waals surface area contributed by atoms with Gasteiger partial charge in [0.1, 0.15) is 0 Å². The molecule has 1 aromatic heterocycles. The summed E-state index contributed by atoms with van der Waals surface area (Å²) in [5.74, 6) is -0.329. The van der Waals surface area contributed by atoms with E-state index in [0.717, 1.165) is 17.8 Å². The van der Waals surface area contributed by atoms with Crippen LogP contribution in [0.1, 0.15) is 16.8 Å². The van der Waals surface area contributed by atoms with Crippen LogP contribution in [-0.2, 0) is 17.4 Å². The van der Waals surface area contributed by atoms with E-state index in [2.05, 4.69) is 4.98 Å². The second-order valence-electron chi connectivity index (χ2n) is 5.40. The standard InChI is InChI=1S/C18H16ClF3N2O/c1-24(11-9-15-4-2-3-10-23-15)17(25)8-5-13-12-14(18(20,21)22)6-7-16(13)19/h2-8,10,12H,9,11H2,1H3/b8-5+. The maximum absolute atomic E-state index is 12.7. The minimum absolute atomic E-state index is 0.142. The Labute approximate surface area is 148 Å². The van der Waals surface area contributed by atoms with Gasteiger partial charge < -0.3 is 4.90 Å². The monoisotopic (exact) mass is 368 g/mol. The average Bonchev–Trinajstić information content (AvgIpc) is 2.58. The van der Waals surface area contributed by atoms with Crippen molar-refractivity contribution in [1.29, 1.82) is 0 Å². The van der Waals surface area contributed by atoms with Gasteiger partial charge in [-0.3, -0.25) is 9.78 Å². The Balaban J connectivity index is 2.02. The first-order chi connectivity index (χ1) is 11.8. The van der Waals surface area contributed by atoms with Crippen LogP contribution in [0.25, 0.3) is 6.08 Å². The molecule has 0 saturated carbocycles. The molecule has 7 heteroatoms. The molecule has 2 aromatic rings. The predicted molar refractivity (Wildman–Crippen MR) is 91.1 cm³/mol. The van der Waals surface area contributed by atoms with Crippen molar-refractivity contribution in [3.63, 3.8) is 0 Å². The number of pyridine rings is 1. The number of alkyl halides is 3. The third kappa shape index (κ3) is 5.60. The fourth-order valence-corrected chi connectivity index (χ4v) is 2.26. The molecular formula is C18H16ClF3N2O. The van der Waals surface area contributed by atoms with E-state index < -0.39 is 11.7 Å². The van der Waals surface area contributed by atoms with Gasteiger partial charge in [-0.25, -0.2) is 0 Å². The Morgan fingerprint density at radius 3 is 2.68 bits per heavy atom. The molecule has 0 fully saturated rings. The van der Waals surface area contributed by atoms with Crippen molar-refractivity contribution in [3.05, 3.63) is 70.5 Å². The summed E-state index contributed by atoms with van der Waals surface area (Å²) in [6, 6.07) is 8.51. The molecule has 1 aromatic carbocycles. The van der Waals surface area contributed by atoms with Crippen LogP contribution in [0.2, 0.25) is 5.02 Å². The van der Waals surface area contributed by atoms with Gasteiger partial charge in [-0.2, -0.15) is 13.2 Å². The molecule has 0 N–H and O–H groups in total. The molecule has 25 heavy (non-hydrogen) atoms. The van der Waals surface area contributed by atoms with E-state index in [1.807, 2.05) is 12.1 Å². The van der Waals surface area contributed by atoms with Gasteiger partial charge in [0.25, 0.3) is 0 Å². The topological polar surface area (TPSA) is 33.2 Å². The lowest BCUT2D eigenvalue weighted by molar-refractivity contribution is -0.137. The number of rotatable bonds is 5. The van der Waals surface area contributed by atoms with Crippen LogP contribution < -0.4 is 0 Å². The Morgan fingerprint density at radius 1 is 1.28 bits per heavy atom. The van der Waals surface area contributed by atoms with Gasteiger partial charge in [-0.05, 0) is 42.0 Å². The number of hydrogen-bond donors (Lipinski definition) is 0. The number of aromatic nitrogens is 1. The van der Waals surface area contributed by atoms with Crippen molar-refractivity contribution >= 4 is 23.6 Å². The number of amides is 1. The van der Waals surface area contributed by atoms with E-state index in [4.69, 9.17) is 11.6 Å². The predicted octanol–water partition coefficient (Wildman–Crippen LogP) is 4.47. The van der Waals surface area contributed by atoms with Crippen LogP contribution in [0.15, 0.2) is 48.7 Å². The van der Waals surface area contributed by atoms with Crippen molar-refractivity contribution in [2.45, 2.75) is 12.6 Å². The Kier molecular flexibility index (Phi) is 6.20. The first-order valence-electron chi connectivity index (χ1n) is 7.47. The number of benzene rings is 1. The zero-order chi connectivity index (χ0) is 18.4. The molecule has 0 aliphatic carbocycles. The highest BCUT2D eigenvalue weighted by Gasteiger charge is 2.30. The van der Waals surface area contributed by atoms with Gasteiger partial charge >= 0.3 is 6.18 Å². The van der Waals surface area contributed by atoms with E-state index >= 15 is 0 Å². The second kappa shape index (κ2) is 8.16. The zero-order valence-electron chi connectivity index (χ0n) is 13.4. The lowest BCUT2D eigenvalue weighted by Crippen LogP contribution is -2.27. The normalized spacial score (nSPS) is 11.7. The second-order valence-corrected chi connectivity index (χ2v) is 5.81. The Morgan fingerprint density at radius 2 is 2.04 bits per heavy atom. The van der Waals surface area contributed by atoms with Gasteiger partial charge in [-0.15, -0.1) is 0 Å². The largest absolute Gasteiger partial charge is 0.416 e. The number of halogens is 4. The van der Waals surface area contributed by atoms with Gasteiger partial charge in [0.15, 0.2) is 0 Å². The molecule has 132 valence electrons. The molecule has 3 nitrogen and oxygen atoms in total. The van der Waals surface area contributed by atoms with Gasteiger partial charge in [0, 0.05) is 43.0 Å². The number of likely N-dealkylation sites (N-methyl/N-ethyl adjacent to an activating group) is 1. The molecule has 1 heterocycles. The van der Waals surface area contributed by atoms with E-state index in [1.54, 1.807) is 19.3 Å². The van der Waals surface area contributed by atoms with Crippen molar-refractivity contribution in [2.24, 2.45) is 0 Å². The highest BCUT2D eigenvalue weighted by atomic mass is 35.5. The lowest BCUT2D eigenvalue weighted by Gasteiger charge is -2.14. The molecule has 1 amide bonds. The highest BCUT2D eigenvalue weighted by Crippen LogP contribution is 2.32. The smallest absolute Gasteiger partial charge is 0.342 e. The molecule has 0 aliphatic rings. The molecule has 0 saturated heterocycles. The number of nitrogens with zero attached hydrogens (tertiary/aromatic N) is 2. The summed E-state index contributed by atoms with van der Waals surface area (Å²) < 4.78 is 38.2. The summed E-state index contributed by atoms with van der Waals surface area (Å²) in [6.45, 7) is 0.441. The molecule has 0 unspecified atom stereocenters. The van der Waals surface area contributed by atoms with Crippen molar-refractivity contribution in [3.8, 4) is 0 Å². The summed E-state index contributed by atoms with van der Waals surface area (Å²) in [4.78, 5) is 17.7. The molecule has 2 rings (SSSR count). The SMILES string of the molecule is CN(CCc1ccccn1)C(=O)/C=C/c1cc(C(F)(F)F)ccc1Cl. The lowest BCUT2D eigenvalue weighted by atomic mass is 10.1. The molecular weight excluding hydrogens is 353 g/mol. The van der Waals surface area contributed by atoms with E-state index in [9.17, 15) is 18.0 Å². The molecule has 0 spiro atoms. The minimum Gasteiger partial charge on any atom is -0.342 e. The number of hydrogen-bond acceptors (Lipinski definition) is 2. The van der Waals surface area contributed by atoms with Gasteiger partial charge in [0.2, 0.25) is 5.91 Å². The van der Waals surface area contributed by atoms with Crippen molar-refractivity contribution < 1.29 is 18.0 Å². The van der Waals surface area contributed by atoms with Crippen molar-refractivity contribution in [2.75, 3.05) is 13.6 Å². The van der Waals surface area contributed by atoms with Crippen LogP contribution in [0.5, 0.6) is 0 Å². The minimum atomic E-state index is -4.46. The maximum Gasteiger partial charge on any atom is 0.416 e. The fraction of sp³-hybridized carbons (Fsp3) is 0.222. The summed E-state index contributed by atoms with van der Waals surface area (Å²) in [5.41, 5.74) is 0.183. The Bertz CT molecular complexity index is 761. The fourth-order valence-electron chi connectivity index (χ4n) is 2.07.